The predicted octanol–water partition coefficient (Wildman–Crippen LogP) is 4.32. The van der Waals surface area contributed by atoms with Gasteiger partial charge < -0.3 is 21.0 Å². The molecular formula is C32H36N2O5. The normalized spacial score (nSPS) is 13.2. The fourth-order valence-corrected chi connectivity index (χ4v) is 4.23. The summed E-state index contributed by atoms with van der Waals surface area (Å²) in [6.07, 6.45) is 5.17. The third kappa shape index (κ3) is 8.95. The van der Waals surface area contributed by atoms with E-state index in [1.807, 2.05) is 36.4 Å². The number of hydrogen-bond acceptors (Lipinski definition) is 7. The number of allylic oxidation sites excluding steroid dienone is 1. The molecule has 1 atom stereocenters. The SMILES string of the molecule is COC(=O)C1=CCC(C=O)c2c(C(C)=O)ccc(C=O)c21.NCCc1ccccc1.NCCc1ccccc1. The fraction of sp³-hybridized carbons (Fsp3) is 0.250. The van der Waals surface area contributed by atoms with Gasteiger partial charge in [0.25, 0.3) is 0 Å². The second-order valence-electron chi connectivity index (χ2n) is 8.80. The average Bonchev–Trinajstić information content (AvgIpc) is 2.97. The molecule has 1 aliphatic carbocycles. The number of benzene rings is 3. The molecule has 0 heterocycles. The zero-order valence-corrected chi connectivity index (χ0v) is 22.5. The number of fused-ring (bicyclic) bond motifs is 1. The van der Waals surface area contributed by atoms with Gasteiger partial charge in [-0.05, 0) is 56.0 Å². The largest absolute Gasteiger partial charge is 0.465 e. The molecule has 0 amide bonds. The summed E-state index contributed by atoms with van der Waals surface area (Å²) in [7, 11) is 1.24. The lowest BCUT2D eigenvalue weighted by Gasteiger charge is -2.24. The van der Waals surface area contributed by atoms with Crippen molar-refractivity contribution in [3.05, 3.63) is 112 Å². The number of ketones is 1. The van der Waals surface area contributed by atoms with Crippen molar-refractivity contribution in [1.82, 2.24) is 0 Å². The predicted molar refractivity (Wildman–Crippen MR) is 154 cm³/mol. The van der Waals surface area contributed by atoms with Crippen LogP contribution in [0.1, 0.15) is 62.2 Å². The monoisotopic (exact) mass is 528 g/mol. The van der Waals surface area contributed by atoms with E-state index in [0.717, 1.165) is 32.2 Å². The molecule has 1 unspecified atom stereocenters. The summed E-state index contributed by atoms with van der Waals surface area (Å²) < 4.78 is 4.72. The Morgan fingerprint density at radius 3 is 1.82 bits per heavy atom. The van der Waals surface area contributed by atoms with Crippen molar-refractivity contribution >= 4 is 29.9 Å². The van der Waals surface area contributed by atoms with E-state index in [1.54, 1.807) is 6.08 Å². The van der Waals surface area contributed by atoms with E-state index in [1.165, 1.54) is 37.3 Å². The van der Waals surface area contributed by atoms with Crippen molar-refractivity contribution in [2.45, 2.75) is 32.1 Å². The summed E-state index contributed by atoms with van der Waals surface area (Å²) in [4.78, 5) is 46.2. The molecule has 0 saturated heterocycles. The minimum Gasteiger partial charge on any atom is -0.465 e. The summed E-state index contributed by atoms with van der Waals surface area (Å²) >= 11 is 0. The number of carbonyl (C=O) groups excluding carboxylic acids is 4. The standard InChI is InChI=1S/C16H14O5.2C8H11N/c1-9(19)12-5-3-11(8-18)15-13(16(20)21-2)6-4-10(7-17)14(12)15;2*9-7-6-8-4-2-1-3-5-8/h3,5-8,10H,4H2,1-2H3;2*1-5H,6-7,9H2. The highest BCUT2D eigenvalue weighted by atomic mass is 16.5. The Bertz CT molecular complexity index is 1230. The molecule has 0 radical (unpaired) electrons. The molecule has 4 N–H and O–H groups in total. The van der Waals surface area contributed by atoms with E-state index in [9.17, 15) is 19.2 Å². The second-order valence-corrected chi connectivity index (χ2v) is 8.80. The summed E-state index contributed by atoms with van der Waals surface area (Å²) in [5, 5.41) is 0. The highest BCUT2D eigenvalue weighted by Gasteiger charge is 2.31. The number of ether oxygens (including phenoxy) is 1. The first-order valence-electron chi connectivity index (χ1n) is 12.8. The molecule has 4 rings (SSSR count). The van der Waals surface area contributed by atoms with Crippen LogP contribution in [0.5, 0.6) is 0 Å². The van der Waals surface area contributed by atoms with Crippen molar-refractivity contribution in [2.75, 3.05) is 20.2 Å². The van der Waals surface area contributed by atoms with Crippen molar-refractivity contribution in [1.29, 1.82) is 0 Å². The Labute approximate surface area is 229 Å². The van der Waals surface area contributed by atoms with Gasteiger partial charge in [0.2, 0.25) is 0 Å². The Balaban J connectivity index is 0.000000243. The summed E-state index contributed by atoms with van der Waals surface area (Å²) in [6.45, 7) is 2.86. The van der Waals surface area contributed by atoms with Gasteiger partial charge in [-0.3, -0.25) is 9.59 Å². The van der Waals surface area contributed by atoms with Gasteiger partial charge in [-0.1, -0.05) is 78.9 Å². The summed E-state index contributed by atoms with van der Waals surface area (Å²) in [5.41, 5.74) is 15.0. The first-order chi connectivity index (χ1) is 18.9. The number of hydrogen-bond donors (Lipinski definition) is 2. The third-order valence-corrected chi connectivity index (χ3v) is 6.12. The molecule has 3 aromatic rings. The van der Waals surface area contributed by atoms with Crippen molar-refractivity contribution in [3.8, 4) is 0 Å². The highest BCUT2D eigenvalue weighted by Crippen LogP contribution is 2.38. The number of methoxy groups -OCH3 is 1. The third-order valence-electron chi connectivity index (χ3n) is 6.12. The molecule has 1 aliphatic rings. The van der Waals surface area contributed by atoms with Gasteiger partial charge in [0.05, 0.1) is 12.7 Å². The lowest BCUT2D eigenvalue weighted by Crippen LogP contribution is -2.19. The summed E-state index contributed by atoms with van der Waals surface area (Å²) in [5.74, 6) is -1.36. The van der Waals surface area contributed by atoms with E-state index >= 15 is 0 Å². The smallest absolute Gasteiger partial charge is 0.338 e. The van der Waals surface area contributed by atoms with Crippen LogP contribution in [0.4, 0.5) is 0 Å². The Morgan fingerprint density at radius 1 is 0.872 bits per heavy atom. The van der Waals surface area contributed by atoms with Crippen LogP contribution in [-0.4, -0.2) is 44.5 Å². The van der Waals surface area contributed by atoms with E-state index in [0.29, 0.717) is 29.4 Å². The first-order valence-corrected chi connectivity index (χ1v) is 12.8. The zero-order chi connectivity index (χ0) is 28.6. The van der Waals surface area contributed by atoms with E-state index in [4.69, 9.17) is 16.2 Å². The maximum Gasteiger partial charge on any atom is 0.338 e. The minimum absolute atomic E-state index is 0.218. The molecule has 3 aromatic carbocycles. The molecular weight excluding hydrogens is 492 g/mol. The van der Waals surface area contributed by atoms with E-state index < -0.39 is 11.9 Å². The van der Waals surface area contributed by atoms with Crippen LogP contribution in [0, 0.1) is 0 Å². The Morgan fingerprint density at radius 2 is 1.41 bits per heavy atom. The van der Waals surface area contributed by atoms with Gasteiger partial charge >= 0.3 is 5.97 Å². The van der Waals surface area contributed by atoms with E-state index in [2.05, 4.69) is 24.3 Å². The summed E-state index contributed by atoms with van der Waals surface area (Å²) in [6, 6.07) is 23.5. The molecule has 0 aliphatic heterocycles. The average molecular weight is 529 g/mol. The van der Waals surface area contributed by atoms with Crippen LogP contribution in [0.2, 0.25) is 0 Å². The Kier molecular flexibility index (Phi) is 13.2. The van der Waals surface area contributed by atoms with Gasteiger partial charge in [-0.2, -0.15) is 0 Å². The molecule has 0 bridgehead atoms. The zero-order valence-electron chi connectivity index (χ0n) is 22.5. The van der Waals surface area contributed by atoms with Gasteiger partial charge in [-0.25, -0.2) is 4.79 Å². The topological polar surface area (TPSA) is 130 Å². The number of rotatable bonds is 8. The number of Topliss-reactive ketones (excluding diaryl/α,β-unsaturated/α-hetero) is 1. The maximum atomic E-state index is 11.9. The van der Waals surface area contributed by atoms with Crippen LogP contribution < -0.4 is 11.5 Å². The molecule has 7 nitrogen and oxygen atoms in total. The van der Waals surface area contributed by atoms with Gasteiger partial charge in [0.15, 0.2) is 12.1 Å². The lowest BCUT2D eigenvalue weighted by molar-refractivity contribution is -0.133. The lowest BCUT2D eigenvalue weighted by atomic mass is 9.78. The van der Waals surface area contributed by atoms with E-state index in [-0.39, 0.29) is 16.9 Å². The molecule has 39 heavy (non-hydrogen) atoms. The fourth-order valence-electron chi connectivity index (χ4n) is 4.23. The molecule has 0 spiro atoms. The van der Waals surface area contributed by atoms with Gasteiger partial charge in [0.1, 0.15) is 6.29 Å². The van der Waals surface area contributed by atoms with Crippen molar-refractivity contribution in [2.24, 2.45) is 11.5 Å². The molecule has 0 fully saturated rings. The molecule has 0 saturated carbocycles. The minimum atomic E-state index is -0.593. The van der Waals surface area contributed by atoms with Crippen LogP contribution in [0.25, 0.3) is 5.57 Å². The van der Waals surface area contributed by atoms with Gasteiger partial charge in [-0.15, -0.1) is 0 Å². The van der Waals surface area contributed by atoms with Crippen LogP contribution >= 0.6 is 0 Å². The molecule has 204 valence electrons. The number of aldehydes is 2. The number of carbonyl (C=O) groups is 4. The molecule has 7 heteroatoms. The number of nitrogens with two attached hydrogens (primary N) is 2. The molecule has 0 aromatic heterocycles. The van der Waals surface area contributed by atoms with Crippen LogP contribution in [0.15, 0.2) is 78.9 Å². The number of esters is 1. The van der Waals surface area contributed by atoms with Crippen LogP contribution in [0.3, 0.4) is 0 Å². The van der Waals surface area contributed by atoms with Gasteiger partial charge in [0, 0.05) is 22.6 Å². The van der Waals surface area contributed by atoms with Crippen molar-refractivity contribution in [3.63, 3.8) is 0 Å². The van der Waals surface area contributed by atoms with Crippen LogP contribution in [-0.2, 0) is 27.2 Å². The van der Waals surface area contributed by atoms with Crippen molar-refractivity contribution < 1.29 is 23.9 Å². The second kappa shape index (κ2) is 16.6. The quantitative estimate of drug-likeness (QED) is 0.253. The highest BCUT2D eigenvalue weighted by molar-refractivity contribution is 6.20. The maximum absolute atomic E-state index is 11.9. The Hall–Kier alpha value is -4.20. The first kappa shape index (κ1) is 31.0.